The molecule has 0 unspecified atom stereocenters. The zero-order valence-electron chi connectivity index (χ0n) is 12.2. The number of hydrogen-bond donors (Lipinski definition) is 0. The van der Waals surface area contributed by atoms with Crippen LogP contribution in [0.15, 0.2) is 24.3 Å². The van der Waals surface area contributed by atoms with E-state index in [4.69, 9.17) is 4.74 Å². The molecule has 110 valence electrons. The van der Waals surface area contributed by atoms with Crippen molar-refractivity contribution in [1.82, 2.24) is 0 Å². The molecule has 20 heavy (non-hydrogen) atoms. The summed E-state index contributed by atoms with van der Waals surface area (Å²) in [5.74, 6) is 0.891. The third kappa shape index (κ3) is 4.08. The highest BCUT2D eigenvalue weighted by Gasteiger charge is 2.30. The summed E-state index contributed by atoms with van der Waals surface area (Å²) in [7, 11) is 0. The van der Waals surface area contributed by atoms with Crippen LogP contribution in [0.2, 0.25) is 0 Å². The fourth-order valence-corrected chi connectivity index (χ4v) is 3.56. The van der Waals surface area contributed by atoms with E-state index in [0.29, 0.717) is 0 Å². The molecular weight excluding hydrogens is 316 g/mol. The van der Waals surface area contributed by atoms with Gasteiger partial charge in [-0.25, -0.2) is 0 Å². The lowest BCUT2D eigenvalue weighted by Crippen LogP contribution is -2.30. The molecule has 0 spiro atoms. The molecule has 1 aliphatic carbocycles. The first-order valence-corrected chi connectivity index (χ1v) is 8.57. The summed E-state index contributed by atoms with van der Waals surface area (Å²) in [6.07, 6.45) is 7.73. The van der Waals surface area contributed by atoms with E-state index in [1.165, 1.54) is 38.5 Å². The quantitative estimate of drug-likeness (QED) is 0.428. The van der Waals surface area contributed by atoms with E-state index >= 15 is 0 Å². The summed E-state index contributed by atoms with van der Waals surface area (Å²) in [6.45, 7) is 2.32. The van der Waals surface area contributed by atoms with E-state index in [0.717, 1.165) is 23.2 Å². The Labute approximate surface area is 130 Å². The Bertz CT molecular complexity index is 448. The predicted octanol–water partition coefficient (Wildman–Crippen LogP) is 5.00. The van der Waals surface area contributed by atoms with Gasteiger partial charge in [0.15, 0.2) is 5.78 Å². The van der Waals surface area contributed by atoms with Crippen LogP contribution < -0.4 is 4.74 Å². The van der Waals surface area contributed by atoms with E-state index in [2.05, 4.69) is 15.9 Å². The number of benzene rings is 1. The molecule has 1 aromatic rings. The van der Waals surface area contributed by atoms with Gasteiger partial charge >= 0.3 is 0 Å². The minimum atomic E-state index is 0.0834. The fraction of sp³-hybridized carbons (Fsp3) is 0.588. The summed E-state index contributed by atoms with van der Waals surface area (Å²) in [6, 6.07) is 7.51. The van der Waals surface area contributed by atoms with Crippen LogP contribution in [-0.4, -0.2) is 17.7 Å². The lowest BCUT2D eigenvalue weighted by molar-refractivity contribution is 0.101. The number of halogens is 1. The molecular formula is C17H23BrO2. The number of carbonyl (C=O) groups excluding carboxylic acids is 1. The molecule has 0 atom stereocenters. The highest BCUT2D eigenvalue weighted by Crippen LogP contribution is 2.37. The van der Waals surface area contributed by atoms with Gasteiger partial charge in [-0.3, -0.25) is 4.79 Å². The van der Waals surface area contributed by atoms with Gasteiger partial charge in [0.2, 0.25) is 0 Å². The van der Waals surface area contributed by atoms with Gasteiger partial charge < -0.3 is 4.74 Å². The Morgan fingerprint density at radius 1 is 1.25 bits per heavy atom. The van der Waals surface area contributed by atoms with E-state index in [1.54, 1.807) is 6.92 Å². The van der Waals surface area contributed by atoms with Crippen molar-refractivity contribution in [3.8, 4) is 5.75 Å². The van der Waals surface area contributed by atoms with Gasteiger partial charge in [-0.1, -0.05) is 53.7 Å². The van der Waals surface area contributed by atoms with Gasteiger partial charge in [-0.05, 0) is 31.9 Å². The molecule has 2 nitrogen and oxygen atoms in total. The number of ether oxygens (including phenoxy) is 1. The Balaban J connectivity index is 2.02. The van der Waals surface area contributed by atoms with Crippen LogP contribution in [0, 0.1) is 5.41 Å². The van der Waals surface area contributed by atoms with Gasteiger partial charge in [0.25, 0.3) is 0 Å². The number of hydrogen-bond acceptors (Lipinski definition) is 2. The maximum absolute atomic E-state index is 11.4. The molecule has 1 aromatic carbocycles. The second kappa shape index (κ2) is 7.26. The molecule has 0 amide bonds. The summed E-state index contributed by atoms with van der Waals surface area (Å²) in [4.78, 5) is 11.4. The smallest absolute Gasteiger partial charge is 0.159 e. The molecule has 0 aliphatic heterocycles. The van der Waals surface area contributed by atoms with Crippen LogP contribution in [0.1, 0.15) is 55.8 Å². The molecule has 0 heterocycles. The number of ketones is 1. The molecule has 0 N–H and O–H groups in total. The van der Waals surface area contributed by atoms with Crippen LogP contribution >= 0.6 is 15.9 Å². The van der Waals surface area contributed by atoms with Crippen LogP contribution in [0.3, 0.4) is 0 Å². The van der Waals surface area contributed by atoms with Crippen molar-refractivity contribution in [2.75, 3.05) is 11.9 Å². The average Bonchev–Trinajstić information content (AvgIpc) is 2.72. The van der Waals surface area contributed by atoms with E-state index in [9.17, 15) is 4.79 Å². The van der Waals surface area contributed by atoms with Crippen molar-refractivity contribution in [2.24, 2.45) is 5.41 Å². The first-order chi connectivity index (χ1) is 9.65. The largest absolute Gasteiger partial charge is 0.493 e. The van der Waals surface area contributed by atoms with Crippen molar-refractivity contribution in [3.63, 3.8) is 0 Å². The van der Waals surface area contributed by atoms with Crippen molar-refractivity contribution >= 4 is 21.7 Å². The van der Waals surface area contributed by atoms with E-state index in [1.807, 2.05) is 24.3 Å². The zero-order valence-corrected chi connectivity index (χ0v) is 13.7. The fourth-order valence-electron chi connectivity index (χ4n) is 2.84. The number of alkyl halides is 1. The van der Waals surface area contributed by atoms with Crippen LogP contribution in [-0.2, 0) is 0 Å². The van der Waals surface area contributed by atoms with Gasteiger partial charge in [-0.2, -0.15) is 0 Å². The minimum absolute atomic E-state index is 0.0834. The van der Waals surface area contributed by atoms with Gasteiger partial charge in [0, 0.05) is 16.3 Å². The van der Waals surface area contributed by atoms with Crippen molar-refractivity contribution in [2.45, 2.75) is 45.4 Å². The molecule has 0 radical (unpaired) electrons. The Morgan fingerprint density at radius 3 is 2.55 bits per heavy atom. The molecule has 1 aliphatic rings. The summed E-state index contributed by atoms with van der Waals surface area (Å²) in [5.41, 5.74) is 0.971. The molecule has 1 fully saturated rings. The summed E-state index contributed by atoms with van der Waals surface area (Å²) < 4.78 is 6.00. The Morgan fingerprint density at radius 2 is 1.95 bits per heavy atom. The SMILES string of the molecule is CC(=O)c1cccc(OCC2(CBr)CCCCCC2)c1. The molecule has 1 saturated carbocycles. The normalized spacial score (nSPS) is 18.3. The standard InChI is InChI=1S/C17H23BrO2/c1-14(19)15-7-6-8-16(11-15)20-13-17(12-18)9-4-2-3-5-10-17/h6-8,11H,2-5,9-10,12-13H2,1H3. The third-order valence-electron chi connectivity index (χ3n) is 4.23. The van der Waals surface area contributed by atoms with Crippen molar-refractivity contribution < 1.29 is 9.53 Å². The highest BCUT2D eigenvalue weighted by atomic mass is 79.9. The molecule has 0 aromatic heterocycles. The second-order valence-corrected chi connectivity index (χ2v) is 6.48. The Kier molecular flexibility index (Phi) is 5.64. The topological polar surface area (TPSA) is 26.3 Å². The minimum Gasteiger partial charge on any atom is -0.493 e. The van der Waals surface area contributed by atoms with E-state index in [-0.39, 0.29) is 11.2 Å². The third-order valence-corrected chi connectivity index (χ3v) is 5.42. The lowest BCUT2D eigenvalue weighted by atomic mass is 9.83. The second-order valence-electron chi connectivity index (χ2n) is 5.92. The number of rotatable bonds is 5. The monoisotopic (exact) mass is 338 g/mol. The van der Waals surface area contributed by atoms with Crippen LogP contribution in [0.5, 0.6) is 5.75 Å². The molecule has 0 bridgehead atoms. The van der Waals surface area contributed by atoms with Gasteiger partial charge in [0.1, 0.15) is 5.75 Å². The maximum Gasteiger partial charge on any atom is 0.159 e. The average molecular weight is 339 g/mol. The molecule has 2 rings (SSSR count). The number of carbonyl (C=O) groups is 1. The first-order valence-electron chi connectivity index (χ1n) is 7.45. The lowest BCUT2D eigenvalue weighted by Gasteiger charge is -2.30. The first kappa shape index (κ1) is 15.6. The van der Waals surface area contributed by atoms with Crippen molar-refractivity contribution in [3.05, 3.63) is 29.8 Å². The highest BCUT2D eigenvalue weighted by molar-refractivity contribution is 9.09. The van der Waals surface area contributed by atoms with Crippen molar-refractivity contribution in [1.29, 1.82) is 0 Å². The summed E-state index contributed by atoms with van der Waals surface area (Å²) in [5, 5.41) is 0.992. The van der Waals surface area contributed by atoms with Gasteiger partial charge in [0.05, 0.1) is 6.61 Å². The predicted molar refractivity (Wildman–Crippen MR) is 85.9 cm³/mol. The molecule has 3 heteroatoms. The number of Topliss-reactive ketones (excluding diaryl/α,β-unsaturated/α-hetero) is 1. The van der Waals surface area contributed by atoms with Crippen LogP contribution in [0.4, 0.5) is 0 Å². The van der Waals surface area contributed by atoms with Crippen LogP contribution in [0.25, 0.3) is 0 Å². The molecule has 0 saturated heterocycles. The zero-order chi connectivity index (χ0) is 14.4. The Hall–Kier alpha value is -0.830. The van der Waals surface area contributed by atoms with E-state index < -0.39 is 0 Å². The maximum atomic E-state index is 11.4. The summed E-state index contributed by atoms with van der Waals surface area (Å²) >= 11 is 3.68. The van der Waals surface area contributed by atoms with Gasteiger partial charge in [-0.15, -0.1) is 0 Å².